The number of rotatable bonds is 7. The molecule has 1 unspecified atom stereocenters. The van der Waals surface area contributed by atoms with Crippen molar-refractivity contribution in [3.8, 4) is 0 Å². The van der Waals surface area contributed by atoms with Crippen LogP contribution in [0.25, 0.3) is 0 Å². The molecule has 0 radical (unpaired) electrons. The summed E-state index contributed by atoms with van der Waals surface area (Å²) in [5, 5.41) is 6.24. The second-order valence-corrected chi connectivity index (χ2v) is 5.81. The first-order valence-electron chi connectivity index (χ1n) is 7.94. The molecule has 0 bridgehead atoms. The predicted molar refractivity (Wildman–Crippen MR) is 91.2 cm³/mol. The lowest BCUT2D eigenvalue weighted by Gasteiger charge is -2.22. The molecule has 1 aliphatic rings. The van der Waals surface area contributed by atoms with Crippen molar-refractivity contribution >= 4 is 18.3 Å². The van der Waals surface area contributed by atoms with E-state index in [9.17, 15) is 9.18 Å². The lowest BCUT2D eigenvalue weighted by atomic mass is 9.93. The first-order valence-corrected chi connectivity index (χ1v) is 7.94. The zero-order valence-electron chi connectivity index (χ0n) is 13.5. The minimum atomic E-state index is -0.274. The molecule has 6 heteroatoms. The number of nitrogens with one attached hydrogen (secondary N) is 2. The number of ether oxygens (including phenoxy) is 1. The maximum Gasteiger partial charge on any atom is 0.220 e. The molecule has 1 saturated heterocycles. The van der Waals surface area contributed by atoms with Crippen LogP contribution in [-0.2, 0) is 9.53 Å². The minimum Gasteiger partial charge on any atom is -0.375 e. The molecule has 1 atom stereocenters. The van der Waals surface area contributed by atoms with Gasteiger partial charge in [0.2, 0.25) is 5.91 Å². The zero-order valence-corrected chi connectivity index (χ0v) is 14.3. The molecule has 2 rings (SSSR count). The highest BCUT2D eigenvalue weighted by atomic mass is 35.5. The van der Waals surface area contributed by atoms with Gasteiger partial charge < -0.3 is 15.4 Å². The molecular formula is C17H26ClFN2O2. The van der Waals surface area contributed by atoms with Crippen molar-refractivity contribution in [1.29, 1.82) is 0 Å². The molecule has 0 aliphatic carbocycles. The van der Waals surface area contributed by atoms with E-state index in [0.29, 0.717) is 18.9 Å². The number of carbonyl (C=O) groups is 1. The number of halogens is 2. The number of hydrogen-bond donors (Lipinski definition) is 2. The molecule has 4 nitrogen and oxygen atoms in total. The summed E-state index contributed by atoms with van der Waals surface area (Å²) >= 11 is 0. The van der Waals surface area contributed by atoms with E-state index in [4.69, 9.17) is 4.74 Å². The van der Waals surface area contributed by atoms with Crippen LogP contribution in [0.3, 0.4) is 0 Å². The fourth-order valence-electron chi connectivity index (χ4n) is 2.82. The van der Waals surface area contributed by atoms with Crippen LogP contribution in [0.15, 0.2) is 24.3 Å². The van der Waals surface area contributed by atoms with Crippen LogP contribution >= 0.6 is 12.4 Å². The molecule has 0 aromatic heterocycles. The molecular weight excluding hydrogens is 319 g/mol. The van der Waals surface area contributed by atoms with Gasteiger partial charge in [-0.1, -0.05) is 12.1 Å². The average molecular weight is 345 g/mol. The summed E-state index contributed by atoms with van der Waals surface area (Å²) in [6, 6.07) is 6.18. The number of amides is 1. The highest BCUT2D eigenvalue weighted by Gasteiger charge is 2.16. The van der Waals surface area contributed by atoms with Crippen LogP contribution in [0.2, 0.25) is 0 Å². The molecule has 1 heterocycles. The van der Waals surface area contributed by atoms with E-state index >= 15 is 0 Å². The van der Waals surface area contributed by atoms with Crippen molar-refractivity contribution in [3.05, 3.63) is 35.6 Å². The molecule has 1 aliphatic heterocycles. The first-order chi connectivity index (χ1) is 10.7. The van der Waals surface area contributed by atoms with Gasteiger partial charge in [-0.15, -0.1) is 12.4 Å². The minimum absolute atomic E-state index is 0. The summed E-state index contributed by atoms with van der Waals surface area (Å²) in [5.41, 5.74) is 0.863. The van der Waals surface area contributed by atoms with Crippen molar-refractivity contribution in [2.75, 3.05) is 26.7 Å². The van der Waals surface area contributed by atoms with Crippen molar-refractivity contribution in [3.63, 3.8) is 0 Å². The van der Waals surface area contributed by atoms with E-state index in [1.165, 1.54) is 12.1 Å². The number of hydrogen-bond acceptors (Lipinski definition) is 3. The predicted octanol–water partition coefficient (Wildman–Crippen LogP) is 2.83. The Balaban J connectivity index is 0.00000264. The largest absolute Gasteiger partial charge is 0.375 e. The molecule has 130 valence electrons. The van der Waals surface area contributed by atoms with Gasteiger partial charge in [-0.2, -0.15) is 0 Å². The van der Waals surface area contributed by atoms with Gasteiger partial charge in [0, 0.05) is 20.1 Å². The highest BCUT2D eigenvalue weighted by Crippen LogP contribution is 2.18. The summed E-state index contributed by atoms with van der Waals surface area (Å²) in [5.74, 6) is 0.439. The number of methoxy groups -OCH3 is 1. The molecule has 1 aromatic rings. The Morgan fingerprint density at radius 1 is 1.35 bits per heavy atom. The van der Waals surface area contributed by atoms with Gasteiger partial charge in [-0.3, -0.25) is 4.79 Å². The Labute approximate surface area is 143 Å². The fourth-order valence-corrected chi connectivity index (χ4v) is 2.82. The van der Waals surface area contributed by atoms with Gasteiger partial charge in [-0.25, -0.2) is 4.39 Å². The van der Waals surface area contributed by atoms with E-state index in [0.717, 1.165) is 37.9 Å². The van der Waals surface area contributed by atoms with Crippen molar-refractivity contribution in [2.24, 2.45) is 5.92 Å². The number of piperidine rings is 1. The number of carbonyl (C=O) groups excluding carboxylic acids is 1. The smallest absolute Gasteiger partial charge is 0.220 e. The maximum absolute atomic E-state index is 12.9. The molecule has 1 amide bonds. The van der Waals surface area contributed by atoms with Crippen LogP contribution in [0.4, 0.5) is 4.39 Å². The molecule has 0 saturated carbocycles. The Bertz CT molecular complexity index is 464. The second-order valence-electron chi connectivity index (χ2n) is 5.81. The topological polar surface area (TPSA) is 50.4 Å². The van der Waals surface area contributed by atoms with Gasteiger partial charge in [0.1, 0.15) is 5.82 Å². The van der Waals surface area contributed by atoms with Gasteiger partial charge in [0.05, 0.1) is 6.10 Å². The normalized spacial score (nSPS) is 16.4. The third-order valence-corrected chi connectivity index (χ3v) is 4.25. The van der Waals surface area contributed by atoms with E-state index in [1.54, 1.807) is 19.2 Å². The highest BCUT2D eigenvalue weighted by molar-refractivity contribution is 5.85. The van der Waals surface area contributed by atoms with Crippen molar-refractivity contribution in [2.45, 2.75) is 31.8 Å². The summed E-state index contributed by atoms with van der Waals surface area (Å²) in [6.07, 6.45) is 3.57. The third-order valence-electron chi connectivity index (χ3n) is 4.25. The lowest BCUT2D eigenvalue weighted by Crippen LogP contribution is -2.31. The molecule has 1 aromatic carbocycles. The van der Waals surface area contributed by atoms with E-state index < -0.39 is 0 Å². The Morgan fingerprint density at radius 3 is 2.61 bits per heavy atom. The van der Waals surface area contributed by atoms with E-state index in [1.807, 2.05) is 0 Å². The molecule has 2 N–H and O–H groups in total. The zero-order chi connectivity index (χ0) is 15.8. The van der Waals surface area contributed by atoms with Gasteiger partial charge in [0.15, 0.2) is 0 Å². The van der Waals surface area contributed by atoms with Crippen LogP contribution in [0.5, 0.6) is 0 Å². The van der Waals surface area contributed by atoms with Crippen LogP contribution in [0.1, 0.15) is 37.4 Å². The summed E-state index contributed by atoms with van der Waals surface area (Å²) in [6.45, 7) is 2.53. The third kappa shape index (κ3) is 6.85. The van der Waals surface area contributed by atoms with Crippen LogP contribution in [0, 0.1) is 11.7 Å². The standard InChI is InChI=1S/C17H25FN2O2.ClH/c1-22-16(14-3-5-15(18)6-4-14)12-20-17(21)7-2-13-8-10-19-11-9-13;/h3-6,13,16,19H,2,7-12H2,1H3,(H,20,21);1H. The fraction of sp³-hybridized carbons (Fsp3) is 0.588. The van der Waals surface area contributed by atoms with E-state index in [2.05, 4.69) is 10.6 Å². The van der Waals surface area contributed by atoms with Crippen LogP contribution in [-0.4, -0.2) is 32.7 Å². The molecule has 1 fully saturated rings. The van der Waals surface area contributed by atoms with Crippen molar-refractivity contribution in [1.82, 2.24) is 10.6 Å². The van der Waals surface area contributed by atoms with Gasteiger partial charge in [-0.05, 0) is 56.0 Å². The summed E-state index contributed by atoms with van der Waals surface area (Å²) < 4.78 is 18.3. The van der Waals surface area contributed by atoms with Crippen molar-refractivity contribution < 1.29 is 13.9 Å². The van der Waals surface area contributed by atoms with Gasteiger partial charge in [0.25, 0.3) is 0 Å². The van der Waals surface area contributed by atoms with E-state index in [-0.39, 0.29) is 30.2 Å². The maximum atomic E-state index is 12.9. The molecule has 23 heavy (non-hydrogen) atoms. The number of benzene rings is 1. The second kappa shape index (κ2) is 10.6. The van der Waals surface area contributed by atoms with Gasteiger partial charge >= 0.3 is 0 Å². The summed E-state index contributed by atoms with van der Waals surface area (Å²) in [7, 11) is 1.59. The monoisotopic (exact) mass is 344 g/mol. The quantitative estimate of drug-likeness (QED) is 0.799. The Hall–Kier alpha value is -1.17. The molecule has 0 spiro atoms. The lowest BCUT2D eigenvalue weighted by molar-refractivity contribution is -0.122. The van der Waals surface area contributed by atoms with Crippen LogP contribution < -0.4 is 10.6 Å². The summed E-state index contributed by atoms with van der Waals surface area (Å²) in [4.78, 5) is 11.9. The Kier molecular flexibility index (Phi) is 9.14. The SMILES string of the molecule is COC(CNC(=O)CCC1CCNCC1)c1ccc(F)cc1.Cl. The Morgan fingerprint density at radius 2 is 2.00 bits per heavy atom. The first kappa shape index (κ1) is 19.9. The average Bonchev–Trinajstić information content (AvgIpc) is 2.56.